The average Bonchev–Trinajstić information content (AvgIpc) is 2.95. The summed E-state index contributed by atoms with van der Waals surface area (Å²) < 4.78 is 5.55. The molecule has 3 N–H and O–H groups in total. The molecule has 2 amide bonds. The maximum Gasteiger partial charge on any atom is 0.306 e. The van der Waals surface area contributed by atoms with Crippen molar-refractivity contribution in [3.8, 4) is 11.5 Å². The van der Waals surface area contributed by atoms with Gasteiger partial charge in [0.05, 0.1) is 17.9 Å². The summed E-state index contributed by atoms with van der Waals surface area (Å²) in [5.74, 6) is -1.63. The molecule has 30 heavy (non-hydrogen) atoms. The third kappa shape index (κ3) is 5.37. The predicted molar refractivity (Wildman–Crippen MR) is 115 cm³/mol. The Morgan fingerprint density at radius 1 is 1.20 bits per heavy atom. The third-order valence-corrected chi connectivity index (χ3v) is 5.16. The van der Waals surface area contributed by atoms with E-state index in [1.54, 1.807) is 30.3 Å². The SMILES string of the molecule is O=C(O)CCOc1cccc(/C=C2\SC(=S)N(NC(=O)c3cccc(O)c3)C2=O)c1. The number of carbonyl (C=O) groups excluding carboxylic acids is 2. The normalized spacial score (nSPS) is 14.8. The Morgan fingerprint density at radius 2 is 1.97 bits per heavy atom. The minimum Gasteiger partial charge on any atom is -0.508 e. The number of phenols is 1. The van der Waals surface area contributed by atoms with E-state index in [1.165, 1.54) is 24.3 Å². The molecule has 3 rings (SSSR count). The number of carboxylic acid groups (broad SMARTS) is 1. The van der Waals surface area contributed by atoms with Crippen LogP contribution < -0.4 is 10.2 Å². The van der Waals surface area contributed by atoms with Crippen LogP contribution in [0.5, 0.6) is 11.5 Å². The van der Waals surface area contributed by atoms with E-state index in [2.05, 4.69) is 5.43 Å². The zero-order valence-electron chi connectivity index (χ0n) is 15.4. The summed E-state index contributed by atoms with van der Waals surface area (Å²) in [6, 6.07) is 12.5. The Morgan fingerprint density at radius 3 is 2.70 bits per heavy atom. The highest BCUT2D eigenvalue weighted by molar-refractivity contribution is 8.26. The standard InChI is InChI=1S/C20H16N2O6S2/c23-14-5-2-4-13(11-14)18(26)21-22-19(27)16(30-20(22)29)10-12-3-1-6-15(9-12)28-8-7-17(24)25/h1-6,9-11,23H,7-8H2,(H,21,26)(H,24,25)/b16-10-. The maximum absolute atomic E-state index is 12.7. The number of carbonyl (C=O) groups is 3. The minimum absolute atomic E-state index is 0.0297. The molecule has 0 aliphatic carbocycles. The van der Waals surface area contributed by atoms with Gasteiger partial charge in [0.2, 0.25) is 0 Å². The first-order valence-electron chi connectivity index (χ1n) is 8.66. The molecule has 1 aliphatic rings. The fraction of sp³-hybridized carbons (Fsp3) is 0.100. The van der Waals surface area contributed by atoms with E-state index in [-0.39, 0.29) is 28.7 Å². The molecular formula is C20H16N2O6S2. The molecule has 1 heterocycles. The van der Waals surface area contributed by atoms with Crippen molar-refractivity contribution in [2.24, 2.45) is 0 Å². The Kier molecular flexibility index (Phi) is 6.70. The van der Waals surface area contributed by atoms with Crippen LogP contribution in [0.4, 0.5) is 0 Å². The number of nitrogens with zero attached hydrogens (tertiary/aromatic N) is 1. The number of ether oxygens (including phenoxy) is 1. The van der Waals surface area contributed by atoms with Crippen LogP contribution in [0.1, 0.15) is 22.3 Å². The topological polar surface area (TPSA) is 116 Å². The Balaban J connectivity index is 1.70. The molecule has 2 aromatic rings. The van der Waals surface area contributed by atoms with Gasteiger partial charge in [-0.2, -0.15) is 5.01 Å². The Labute approximate surface area is 181 Å². The summed E-state index contributed by atoms with van der Waals surface area (Å²) in [4.78, 5) is 35.9. The number of hydrogen-bond acceptors (Lipinski definition) is 7. The fourth-order valence-corrected chi connectivity index (χ4v) is 3.66. The summed E-state index contributed by atoms with van der Waals surface area (Å²) in [6.45, 7) is 0.0297. The van der Waals surface area contributed by atoms with E-state index < -0.39 is 17.8 Å². The number of benzene rings is 2. The van der Waals surface area contributed by atoms with E-state index >= 15 is 0 Å². The van der Waals surface area contributed by atoms with Gasteiger partial charge in [-0.25, -0.2) is 0 Å². The van der Waals surface area contributed by atoms with Gasteiger partial charge in [0.15, 0.2) is 4.32 Å². The zero-order valence-corrected chi connectivity index (χ0v) is 17.0. The number of hydrogen-bond donors (Lipinski definition) is 3. The summed E-state index contributed by atoms with van der Waals surface area (Å²) in [6.07, 6.45) is 1.48. The summed E-state index contributed by atoms with van der Waals surface area (Å²) >= 11 is 6.23. The molecule has 2 aromatic carbocycles. The van der Waals surface area contributed by atoms with Gasteiger partial charge >= 0.3 is 5.97 Å². The van der Waals surface area contributed by atoms with E-state index in [4.69, 9.17) is 22.1 Å². The highest BCUT2D eigenvalue weighted by Gasteiger charge is 2.33. The van der Waals surface area contributed by atoms with Crippen LogP contribution >= 0.6 is 24.0 Å². The van der Waals surface area contributed by atoms with Gasteiger partial charge in [-0.05, 0) is 54.2 Å². The van der Waals surface area contributed by atoms with E-state index in [9.17, 15) is 19.5 Å². The third-order valence-electron chi connectivity index (χ3n) is 3.86. The van der Waals surface area contributed by atoms with Gasteiger partial charge in [0, 0.05) is 5.56 Å². The molecule has 1 aliphatic heterocycles. The number of phenolic OH excluding ortho intramolecular Hbond substituents is 1. The molecule has 0 radical (unpaired) electrons. The molecule has 1 saturated heterocycles. The smallest absolute Gasteiger partial charge is 0.306 e. The van der Waals surface area contributed by atoms with Gasteiger partial charge in [0.25, 0.3) is 11.8 Å². The van der Waals surface area contributed by atoms with Gasteiger partial charge in [-0.1, -0.05) is 30.0 Å². The van der Waals surface area contributed by atoms with Crippen LogP contribution in [0.2, 0.25) is 0 Å². The lowest BCUT2D eigenvalue weighted by molar-refractivity contribution is -0.137. The molecule has 0 spiro atoms. The molecule has 0 unspecified atom stereocenters. The number of thioether (sulfide) groups is 1. The number of rotatable bonds is 7. The molecule has 0 saturated carbocycles. The fourth-order valence-electron chi connectivity index (χ4n) is 2.48. The lowest BCUT2D eigenvalue weighted by Crippen LogP contribution is -2.44. The minimum atomic E-state index is -0.956. The summed E-state index contributed by atoms with van der Waals surface area (Å²) in [5, 5.41) is 19.1. The number of hydrazine groups is 1. The maximum atomic E-state index is 12.7. The van der Waals surface area contributed by atoms with Crippen molar-refractivity contribution in [1.82, 2.24) is 10.4 Å². The van der Waals surface area contributed by atoms with Crippen LogP contribution in [0.3, 0.4) is 0 Å². The lowest BCUT2D eigenvalue weighted by Gasteiger charge is -2.15. The highest BCUT2D eigenvalue weighted by atomic mass is 32.2. The number of amides is 2. The first kappa shape index (κ1) is 21.3. The molecule has 0 atom stereocenters. The van der Waals surface area contributed by atoms with Gasteiger partial charge in [0.1, 0.15) is 11.5 Å². The summed E-state index contributed by atoms with van der Waals surface area (Å²) in [7, 11) is 0. The van der Waals surface area contributed by atoms with Gasteiger partial charge in [-0.3, -0.25) is 19.8 Å². The number of nitrogens with one attached hydrogen (secondary N) is 1. The Bertz CT molecular complexity index is 1050. The van der Waals surface area contributed by atoms with Crippen molar-refractivity contribution in [2.75, 3.05) is 6.61 Å². The summed E-state index contributed by atoms with van der Waals surface area (Å²) in [5.41, 5.74) is 3.27. The quantitative estimate of drug-likeness (QED) is 0.441. The first-order chi connectivity index (χ1) is 14.3. The first-order valence-corrected chi connectivity index (χ1v) is 9.88. The highest BCUT2D eigenvalue weighted by Crippen LogP contribution is 2.32. The largest absolute Gasteiger partial charge is 0.508 e. The molecule has 154 valence electrons. The van der Waals surface area contributed by atoms with Crippen molar-refractivity contribution in [3.05, 3.63) is 64.6 Å². The number of aliphatic carboxylic acids is 1. The molecular weight excluding hydrogens is 428 g/mol. The molecule has 8 nitrogen and oxygen atoms in total. The van der Waals surface area contributed by atoms with Gasteiger partial charge in [-0.15, -0.1) is 0 Å². The van der Waals surface area contributed by atoms with Crippen LogP contribution in [-0.4, -0.2) is 43.9 Å². The Hall–Kier alpha value is -3.37. The van der Waals surface area contributed by atoms with E-state index in [0.717, 1.165) is 16.8 Å². The zero-order chi connectivity index (χ0) is 21.7. The van der Waals surface area contributed by atoms with Crippen LogP contribution in [0, 0.1) is 0 Å². The van der Waals surface area contributed by atoms with Crippen molar-refractivity contribution in [2.45, 2.75) is 6.42 Å². The second-order valence-corrected chi connectivity index (χ2v) is 7.75. The predicted octanol–water partition coefficient (Wildman–Crippen LogP) is 2.79. The molecule has 1 fully saturated rings. The second-order valence-electron chi connectivity index (χ2n) is 6.07. The number of thiocarbonyl (C=S) groups is 1. The van der Waals surface area contributed by atoms with E-state index in [1.807, 2.05) is 0 Å². The van der Waals surface area contributed by atoms with Crippen molar-refractivity contribution in [1.29, 1.82) is 0 Å². The van der Waals surface area contributed by atoms with Crippen molar-refractivity contribution >= 4 is 52.2 Å². The number of carboxylic acids is 1. The molecule has 0 bridgehead atoms. The van der Waals surface area contributed by atoms with Gasteiger partial charge < -0.3 is 14.9 Å². The molecule has 10 heteroatoms. The van der Waals surface area contributed by atoms with Crippen LogP contribution in [0.25, 0.3) is 6.08 Å². The molecule has 0 aromatic heterocycles. The van der Waals surface area contributed by atoms with Crippen molar-refractivity contribution in [3.63, 3.8) is 0 Å². The second kappa shape index (κ2) is 9.42. The monoisotopic (exact) mass is 444 g/mol. The van der Waals surface area contributed by atoms with E-state index in [0.29, 0.717) is 16.2 Å². The van der Waals surface area contributed by atoms with Crippen LogP contribution in [0.15, 0.2) is 53.4 Å². The average molecular weight is 444 g/mol. The number of aromatic hydroxyl groups is 1. The van der Waals surface area contributed by atoms with Crippen molar-refractivity contribution < 1.29 is 29.3 Å². The lowest BCUT2D eigenvalue weighted by atomic mass is 10.2. The van der Waals surface area contributed by atoms with Crippen LogP contribution in [-0.2, 0) is 9.59 Å².